The van der Waals surface area contributed by atoms with Crippen LogP contribution < -0.4 is 4.74 Å². The fraction of sp³-hybridized carbons (Fsp3) is 0.400. The Morgan fingerprint density at radius 2 is 2.00 bits per heavy atom. The molecule has 2 nitrogen and oxygen atoms in total. The number of ether oxygens (including phenoxy) is 2. The number of hydrogen-bond donors (Lipinski definition) is 0. The highest BCUT2D eigenvalue weighted by Crippen LogP contribution is 2.17. The summed E-state index contributed by atoms with van der Waals surface area (Å²) >= 11 is 3.26. The summed E-state index contributed by atoms with van der Waals surface area (Å²) in [5.41, 5.74) is 0.980. The topological polar surface area (TPSA) is 18.5 Å². The van der Waals surface area contributed by atoms with E-state index < -0.39 is 19.6 Å². The highest BCUT2D eigenvalue weighted by molar-refractivity contribution is 9.08. The molecule has 90 valence electrons. The maximum Gasteiger partial charge on any atom is 0.411 e. The minimum atomic E-state index is -4.32. The first kappa shape index (κ1) is 13.3. The van der Waals surface area contributed by atoms with Crippen molar-refractivity contribution >= 4 is 15.9 Å². The molecule has 1 aromatic rings. The number of rotatable bonds is 5. The standard InChI is InChI=1S/C10H10BrF3O2/c11-5-8-2-1-3-9(4-8)16-7-15-6-10(12,13)14/h1-4H,5-7H2. The Kier molecular flexibility index (Phi) is 5.08. The normalized spacial score (nSPS) is 11.5. The minimum absolute atomic E-state index is 0.411. The van der Waals surface area contributed by atoms with E-state index in [1.54, 1.807) is 18.2 Å². The van der Waals surface area contributed by atoms with E-state index in [1.165, 1.54) is 0 Å². The summed E-state index contributed by atoms with van der Waals surface area (Å²) in [4.78, 5) is 0. The van der Waals surface area contributed by atoms with Crippen molar-refractivity contribution in [2.45, 2.75) is 11.5 Å². The van der Waals surface area contributed by atoms with Gasteiger partial charge in [-0.05, 0) is 17.7 Å². The van der Waals surface area contributed by atoms with Crippen LogP contribution >= 0.6 is 15.9 Å². The first-order valence-electron chi connectivity index (χ1n) is 4.43. The molecular weight excluding hydrogens is 289 g/mol. The molecule has 0 radical (unpaired) electrons. The fourth-order valence-corrected chi connectivity index (χ4v) is 1.33. The third-order valence-corrected chi connectivity index (χ3v) is 2.27. The largest absolute Gasteiger partial charge is 0.468 e. The van der Waals surface area contributed by atoms with Crippen molar-refractivity contribution in [3.8, 4) is 5.75 Å². The predicted molar refractivity (Wildman–Crippen MR) is 56.6 cm³/mol. The summed E-state index contributed by atoms with van der Waals surface area (Å²) in [6, 6.07) is 7.02. The lowest BCUT2D eigenvalue weighted by Crippen LogP contribution is -2.19. The molecule has 6 heteroatoms. The van der Waals surface area contributed by atoms with Crippen LogP contribution in [0.1, 0.15) is 5.56 Å². The molecule has 0 atom stereocenters. The van der Waals surface area contributed by atoms with Gasteiger partial charge in [0.05, 0.1) is 0 Å². The summed E-state index contributed by atoms with van der Waals surface area (Å²) in [6.07, 6.45) is -4.32. The van der Waals surface area contributed by atoms with E-state index in [0.717, 1.165) is 5.56 Å². The molecule has 0 aliphatic carbocycles. The molecular formula is C10H10BrF3O2. The van der Waals surface area contributed by atoms with Crippen molar-refractivity contribution in [1.29, 1.82) is 0 Å². The smallest absolute Gasteiger partial charge is 0.411 e. The molecule has 0 aliphatic rings. The lowest BCUT2D eigenvalue weighted by molar-refractivity contribution is -0.186. The first-order chi connectivity index (χ1) is 7.51. The summed E-state index contributed by atoms with van der Waals surface area (Å²) in [7, 11) is 0. The molecule has 16 heavy (non-hydrogen) atoms. The highest BCUT2D eigenvalue weighted by atomic mass is 79.9. The van der Waals surface area contributed by atoms with E-state index in [9.17, 15) is 13.2 Å². The van der Waals surface area contributed by atoms with Gasteiger partial charge in [-0.3, -0.25) is 0 Å². The van der Waals surface area contributed by atoms with Crippen LogP contribution in [0.2, 0.25) is 0 Å². The van der Waals surface area contributed by atoms with Gasteiger partial charge in [-0.15, -0.1) is 0 Å². The van der Waals surface area contributed by atoms with Gasteiger partial charge in [-0.2, -0.15) is 13.2 Å². The number of alkyl halides is 4. The maximum atomic E-state index is 11.7. The van der Waals surface area contributed by atoms with E-state index in [0.29, 0.717) is 11.1 Å². The van der Waals surface area contributed by atoms with Crippen LogP contribution in [0.4, 0.5) is 13.2 Å². The van der Waals surface area contributed by atoms with Gasteiger partial charge in [-0.25, -0.2) is 0 Å². The van der Waals surface area contributed by atoms with Crippen molar-refractivity contribution in [2.24, 2.45) is 0 Å². The highest BCUT2D eigenvalue weighted by Gasteiger charge is 2.27. The van der Waals surface area contributed by atoms with Gasteiger partial charge in [0, 0.05) is 5.33 Å². The summed E-state index contributed by atoms with van der Waals surface area (Å²) in [5.74, 6) is 0.485. The molecule has 1 aromatic carbocycles. The molecule has 0 saturated heterocycles. The third-order valence-electron chi connectivity index (χ3n) is 1.63. The van der Waals surface area contributed by atoms with Crippen LogP contribution in [0.5, 0.6) is 5.75 Å². The average Bonchev–Trinajstić information content (AvgIpc) is 2.23. The molecule has 1 rings (SSSR count). The Bertz CT molecular complexity index is 328. The Hall–Kier alpha value is -0.750. The zero-order valence-electron chi connectivity index (χ0n) is 8.26. The molecule has 0 N–H and O–H groups in total. The molecule has 0 saturated carbocycles. The van der Waals surface area contributed by atoms with Crippen molar-refractivity contribution in [2.75, 3.05) is 13.4 Å². The van der Waals surface area contributed by atoms with Gasteiger partial charge >= 0.3 is 6.18 Å². The van der Waals surface area contributed by atoms with E-state index in [2.05, 4.69) is 20.7 Å². The molecule has 0 amide bonds. The Balaban J connectivity index is 2.32. The van der Waals surface area contributed by atoms with Gasteiger partial charge in [0.25, 0.3) is 0 Å². The van der Waals surface area contributed by atoms with Crippen molar-refractivity contribution < 1.29 is 22.6 Å². The van der Waals surface area contributed by atoms with Crippen LogP contribution in [-0.4, -0.2) is 19.6 Å². The molecule has 0 bridgehead atoms. The SMILES string of the molecule is FC(F)(F)COCOc1cccc(CBr)c1. The maximum absolute atomic E-state index is 11.7. The summed E-state index contributed by atoms with van der Waals surface area (Å²) in [5, 5.41) is 0.660. The third kappa shape index (κ3) is 5.37. The fourth-order valence-electron chi connectivity index (χ4n) is 0.986. The zero-order chi connectivity index (χ0) is 12.0. The van der Waals surface area contributed by atoms with Crippen LogP contribution in [0.3, 0.4) is 0 Å². The Morgan fingerprint density at radius 3 is 2.62 bits per heavy atom. The lowest BCUT2D eigenvalue weighted by Gasteiger charge is -2.09. The quantitative estimate of drug-likeness (QED) is 0.471. The summed E-state index contributed by atoms with van der Waals surface area (Å²) in [6.45, 7) is -1.71. The second-order valence-corrected chi connectivity index (χ2v) is 3.57. The number of hydrogen-bond acceptors (Lipinski definition) is 2. The molecule has 0 aliphatic heterocycles. The molecule has 0 fully saturated rings. The van der Waals surface area contributed by atoms with Crippen LogP contribution in [-0.2, 0) is 10.1 Å². The van der Waals surface area contributed by atoms with Gasteiger partial charge in [-0.1, -0.05) is 28.1 Å². The van der Waals surface area contributed by atoms with Gasteiger partial charge < -0.3 is 9.47 Å². The zero-order valence-corrected chi connectivity index (χ0v) is 9.85. The van der Waals surface area contributed by atoms with E-state index in [1.807, 2.05) is 6.07 Å². The predicted octanol–water partition coefficient (Wildman–Crippen LogP) is 3.50. The van der Waals surface area contributed by atoms with Crippen molar-refractivity contribution in [3.05, 3.63) is 29.8 Å². The Morgan fingerprint density at radius 1 is 1.25 bits per heavy atom. The summed E-state index contributed by atoms with van der Waals surface area (Å²) < 4.78 is 44.5. The number of halogens is 4. The molecule has 0 aromatic heterocycles. The molecule has 0 heterocycles. The van der Waals surface area contributed by atoms with E-state index >= 15 is 0 Å². The van der Waals surface area contributed by atoms with E-state index in [-0.39, 0.29) is 0 Å². The lowest BCUT2D eigenvalue weighted by atomic mass is 10.2. The minimum Gasteiger partial charge on any atom is -0.468 e. The molecule has 0 unspecified atom stereocenters. The van der Waals surface area contributed by atoms with Gasteiger partial charge in [0.2, 0.25) is 0 Å². The van der Waals surface area contributed by atoms with Crippen LogP contribution in [0.15, 0.2) is 24.3 Å². The van der Waals surface area contributed by atoms with Gasteiger partial charge in [0.15, 0.2) is 6.79 Å². The van der Waals surface area contributed by atoms with Gasteiger partial charge in [0.1, 0.15) is 12.4 Å². The van der Waals surface area contributed by atoms with Crippen molar-refractivity contribution in [3.63, 3.8) is 0 Å². The van der Waals surface area contributed by atoms with Crippen molar-refractivity contribution in [1.82, 2.24) is 0 Å². The Labute approximate surface area is 99.5 Å². The average molecular weight is 299 g/mol. The second-order valence-electron chi connectivity index (χ2n) is 3.01. The van der Waals surface area contributed by atoms with Crippen LogP contribution in [0.25, 0.3) is 0 Å². The second kappa shape index (κ2) is 6.10. The first-order valence-corrected chi connectivity index (χ1v) is 5.55. The molecule has 0 spiro atoms. The van der Waals surface area contributed by atoms with E-state index in [4.69, 9.17) is 4.74 Å². The van der Waals surface area contributed by atoms with Crippen LogP contribution in [0, 0.1) is 0 Å². The monoisotopic (exact) mass is 298 g/mol. The number of benzene rings is 1.